The van der Waals surface area contributed by atoms with Crippen LogP contribution in [0, 0.1) is 5.92 Å². The number of ether oxygens (including phenoxy) is 1. The molecule has 0 spiro atoms. The van der Waals surface area contributed by atoms with Gasteiger partial charge in [0.15, 0.2) is 0 Å². The minimum Gasteiger partial charge on any atom is -0.371 e. The van der Waals surface area contributed by atoms with Gasteiger partial charge in [-0.1, -0.05) is 6.07 Å². The predicted molar refractivity (Wildman–Crippen MR) is 92.9 cm³/mol. The van der Waals surface area contributed by atoms with Crippen molar-refractivity contribution in [1.29, 1.82) is 0 Å². The van der Waals surface area contributed by atoms with Crippen LogP contribution in [0.1, 0.15) is 22.3 Å². The molecule has 1 N–H and O–H groups in total. The number of nitrogens with one attached hydrogen (secondary N) is 1. The standard InChI is InChI=1S/C18H21N3O2S/c22-18(14-3-5-24-12-14)20-8-16-6-15-10-21(11-17(15)23-16)9-13-2-1-4-19-7-13/h1-5,7,12,15-17H,6,8-11H2,(H,20,22)/t15-,16-,17+/m0/s1. The molecule has 0 saturated carbocycles. The molecule has 6 heteroatoms. The zero-order valence-corrected chi connectivity index (χ0v) is 14.2. The third kappa shape index (κ3) is 3.50. The van der Waals surface area contributed by atoms with Gasteiger partial charge in [0.25, 0.3) is 5.91 Å². The number of fused-ring (bicyclic) bond motifs is 1. The summed E-state index contributed by atoms with van der Waals surface area (Å²) < 4.78 is 6.15. The van der Waals surface area contributed by atoms with E-state index < -0.39 is 0 Å². The molecule has 5 nitrogen and oxygen atoms in total. The SMILES string of the molecule is O=C(NC[C@@H]1C[C@H]2CN(Cc3cccnc3)C[C@H]2O1)c1ccsc1. The van der Waals surface area contributed by atoms with Gasteiger partial charge in [0.05, 0.1) is 12.2 Å². The molecule has 126 valence electrons. The van der Waals surface area contributed by atoms with Gasteiger partial charge in [-0.2, -0.15) is 11.3 Å². The molecule has 2 aliphatic heterocycles. The topological polar surface area (TPSA) is 54.5 Å². The van der Waals surface area contributed by atoms with Gasteiger partial charge in [0.2, 0.25) is 0 Å². The molecule has 4 rings (SSSR count). The Balaban J connectivity index is 1.23. The molecule has 2 aromatic rings. The quantitative estimate of drug-likeness (QED) is 0.904. The molecule has 2 aromatic heterocycles. The van der Waals surface area contributed by atoms with Crippen LogP contribution in [0.4, 0.5) is 0 Å². The Labute approximate surface area is 145 Å². The summed E-state index contributed by atoms with van der Waals surface area (Å²) in [7, 11) is 0. The highest BCUT2D eigenvalue weighted by Gasteiger charge is 2.41. The number of rotatable bonds is 5. The lowest BCUT2D eigenvalue weighted by Crippen LogP contribution is -2.33. The van der Waals surface area contributed by atoms with Gasteiger partial charge < -0.3 is 10.1 Å². The second-order valence-electron chi connectivity index (χ2n) is 6.57. The minimum absolute atomic E-state index is 0.00452. The molecule has 0 unspecified atom stereocenters. The lowest BCUT2D eigenvalue weighted by atomic mass is 10.0. The van der Waals surface area contributed by atoms with Crippen molar-refractivity contribution >= 4 is 17.2 Å². The smallest absolute Gasteiger partial charge is 0.252 e. The van der Waals surface area contributed by atoms with Gasteiger partial charge in [-0.05, 0) is 29.5 Å². The number of hydrogen-bond acceptors (Lipinski definition) is 5. The van der Waals surface area contributed by atoms with Gasteiger partial charge in [0, 0.05) is 55.4 Å². The number of carbonyl (C=O) groups is 1. The Morgan fingerprint density at radius 3 is 3.12 bits per heavy atom. The van der Waals surface area contributed by atoms with Crippen molar-refractivity contribution in [3.63, 3.8) is 0 Å². The van der Waals surface area contributed by atoms with Crippen molar-refractivity contribution in [2.45, 2.75) is 25.2 Å². The van der Waals surface area contributed by atoms with Crippen molar-refractivity contribution < 1.29 is 9.53 Å². The van der Waals surface area contributed by atoms with Crippen molar-refractivity contribution in [3.8, 4) is 0 Å². The molecule has 0 bridgehead atoms. The molecule has 4 heterocycles. The summed E-state index contributed by atoms with van der Waals surface area (Å²) in [5, 5.41) is 6.78. The number of nitrogens with zero attached hydrogens (tertiary/aromatic N) is 2. The Hall–Kier alpha value is -1.76. The number of pyridine rings is 1. The number of hydrogen-bond donors (Lipinski definition) is 1. The van der Waals surface area contributed by atoms with E-state index in [1.165, 1.54) is 16.9 Å². The largest absolute Gasteiger partial charge is 0.371 e. The molecular formula is C18H21N3O2S. The van der Waals surface area contributed by atoms with Crippen LogP contribution >= 0.6 is 11.3 Å². The highest BCUT2D eigenvalue weighted by molar-refractivity contribution is 7.08. The second kappa shape index (κ2) is 7.01. The number of aromatic nitrogens is 1. The number of carbonyl (C=O) groups excluding carboxylic acids is 1. The van der Waals surface area contributed by atoms with Crippen LogP contribution < -0.4 is 5.32 Å². The molecule has 24 heavy (non-hydrogen) atoms. The lowest BCUT2D eigenvalue weighted by Gasteiger charge is -2.19. The molecule has 2 aliphatic rings. The van der Waals surface area contributed by atoms with Crippen LogP contribution in [0.15, 0.2) is 41.4 Å². The van der Waals surface area contributed by atoms with E-state index in [1.54, 1.807) is 6.20 Å². The highest BCUT2D eigenvalue weighted by Crippen LogP contribution is 2.33. The first-order valence-corrected chi connectivity index (χ1v) is 9.29. The summed E-state index contributed by atoms with van der Waals surface area (Å²) in [6, 6.07) is 5.94. The molecule has 2 saturated heterocycles. The van der Waals surface area contributed by atoms with Crippen LogP contribution in [0.5, 0.6) is 0 Å². The maximum absolute atomic E-state index is 12.0. The van der Waals surface area contributed by atoms with Crippen molar-refractivity contribution in [2.24, 2.45) is 5.92 Å². The number of thiophene rings is 1. The summed E-state index contributed by atoms with van der Waals surface area (Å²) in [6.45, 7) is 3.57. The third-order valence-corrected chi connectivity index (χ3v) is 5.48. The first-order chi connectivity index (χ1) is 11.8. The van der Waals surface area contributed by atoms with E-state index in [9.17, 15) is 4.79 Å². The van der Waals surface area contributed by atoms with Gasteiger partial charge in [-0.15, -0.1) is 0 Å². The Bertz CT molecular complexity index is 663. The van der Waals surface area contributed by atoms with Gasteiger partial charge in [-0.25, -0.2) is 0 Å². The van der Waals surface area contributed by atoms with E-state index in [-0.39, 0.29) is 12.0 Å². The summed E-state index contributed by atoms with van der Waals surface area (Å²) in [5.41, 5.74) is 1.98. The Morgan fingerprint density at radius 1 is 1.42 bits per heavy atom. The monoisotopic (exact) mass is 343 g/mol. The highest BCUT2D eigenvalue weighted by atomic mass is 32.1. The molecule has 1 amide bonds. The summed E-state index contributed by atoms with van der Waals surface area (Å²) in [5.74, 6) is 0.569. The van der Waals surface area contributed by atoms with E-state index in [2.05, 4.69) is 21.3 Å². The maximum Gasteiger partial charge on any atom is 0.252 e. The van der Waals surface area contributed by atoms with Gasteiger partial charge in [0.1, 0.15) is 0 Å². The zero-order valence-electron chi connectivity index (χ0n) is 13.4. The van der Waals surface area contributed by atoms with Crippen LogP contribution in [0.25, 0.3) is 0 Å². The van der Waals surface area contributed by atoms with E-state index >= 15 is 0 Å². The van der Waals surface area contributed by atoms with Crippen LogP contribution in [0.2, 0.25) is 0 Å². The van der Waals surface area contributed by atoms with Gasteiger partial charge in [-0.3, -0.25) is 14.7 Å². The fourth-order valence-corrected chi connectivity index (χ4v) is 4.30. The van der Waals surface area contributed by atoms with Gasteiger partial charge >= 0.3 is 0 Å². The van der Waals surface area contributed by atoms with E-state index in [0.29, 0.717) is 18.6 Å². The third-order valence-electron chi connectivity index (χ3n) is 4.79. The first kappa shape index (κ1) is 15.7. The average molecular weight is 343 g/mol. The molecule has 0 aliphatic carbocycles. The first-order valence-electron chi connectivity index (χ1n) is 8.35. The van der Waals surface area contributed by atoms with E-state index in [0.717, 1.165) is 31.6 Å². The van der Waals surface area contributed by atoms with Crippen LogP contribution in [0.3, 0.4) is 0 Å². The Kier molecular flexibility index (Phi) is 4.60. The average Bonchev–Trinajstić information content (AvgIpc) is 3.30. The summed E-state index contributed by atoms with van der Waals surface area (Å²) in [4.78, 5) is 18.6. The molecule has 0 radical (unpaired) electrons. The predicted octanol–water partition coefficient (Wildman–Crippen LogP) is 2.16. The lowest BCUT2D eigenvalue weighted by molar-refractivity contribution is 0.0372. The fourth-order valence-electron chi connectivity index (χ4n) is 3.66. The number of amides is 1. The van der Waals surface area contributed by atoms with Crippen molar-refractivity contribution in [3.05, 3.63) is 52.5 Å². The van der Waals surface area contributed by atoms with Crippen LogP contribution in [-0.2, 0) is 11.3 Å². The fraction of sp³-hybridized carbons (Fsp3) is 0.444. The van der Waals surface area contributed by atoms with E-state index in [4.69, 9.17) is 4.74 Å². The van der Waals surface area contributed by atoms with Crippen molar-refractivity contribution in [1.82, 2.24) is 15.2 Å². The molecule has 2 fully saturated rings. The number of likely N-dealkylation sites (tertiary alicyclic amines) is 1. The van der Waals surface area contributed by atoms with Crippen LogP contribution in [-0.4, -0.2) is 47.6 Å². The van der Waals surface area contributed by atoms with Crippen molar-refractivity contribution in [2.75, 3.05) is 19.6 Å². The zero-order chi connectivity index (χ0) is 16.4. The summed E-state index contributed by atoms with van der Waals surface area (Å²) >= 11 is 1.54. The van der Waals surface area contributed by atoms with E-state index in [1.807, 2.05) is 29.1 Å². The minimum atomic E-state index is -0.00452. The normalized spacial score (nSPS) is 26.4. The molecular weight excluding hydrogens is 322 g/mol. The summed E-state index contributed by atoms with van der Waals surface area (Å²) in [6.07, 6.45) is 5.20. The Morgan fingerprint density at radius 2 is 2.38 bits per heavy atom. The second-order valence-corrected chi connectivity index (χ2v) is 7.35. The molecule has 3 atom stereocenters. The molecule has 0 aromatic carbocycles. The maximum atomic E-state index is 12.0.